The molecule has 0 unspecified atom stereocenters. The lowest BCUT2D eigenvalue weighted by Gasteiger charge is -2.05. The zero-order valence-electron chi connectivity index (χ0n) is 10.6. The zero-order chi connectivity index (χ0) is 13.2. The number of hydrogen-bond acceptors (Lipinski definition) is 1. The van der Waals surface area contributed by atoms with Crippen molar-refractivity contribution in [1.29, 1.82) is 0 Å². The molecule has 3 heteroatoms. The predicted octanol–water partition coefficient (Wildman–Crippen LogP) is 4.19. The van der Waals surface area contributed by atoms with Crippen LogP contribution in [-0.2, 0) is 6.61 Å². The highest BCUT2D eigenvalue weighted by atomic mass is 19.1. The molecule has 0 aliphatic rings. The molecule has 0 atom stereocenters. The van der Waals surface area contributed by atoms with Crippen LogP contribution >= 0.6 is 0 Å². The van der Waals surface area contributed by atoms with Crippen molar-refractivity contribution >= 4 is 10.9 Å². The van der Waals surface area contributed by atoms with Gasteiger partial charge in [0, 0.05) is 10.9 Å². The molecule has 3 rings (SSSR count). The quantitative estimate of drug-likeness (QED) is 0.745. The van der Waals surface area contributed by atoms with Crippen LogP contribution in [0.25, 0.3) is 10.9 Å². The first-order valence-electron chi connectivity index (χ1n) is 6.18. The fraction of sp³-hybridized carbons (Fsp3) is 0.125. The second kappa shape index (κ2) is 4.76. The van der Waals surface area contributed by atoms with Crippen LogP contribution in [0, 0.1) is 12.7 Å². The first kappa shape index (κ1) is 11.8. The Labute approximate surface area is 110 Å². The Morgan fingerprint density at radius 3 is 2.74 bits per heavy atom. The van der Waals surface area contributed by atoms with Crippen molar-refractivity contribution in [3.63, 3.8) is 0 Å². The van der Waals surface area contributed by atoms with Gasteiger partial charge in [-0.1, -0.05) is 18.2 Å². The summed E-state index contributed by atoms with van der Waals surface area (Å²) in [6, 6.07) is 14.7. The Hall–Kier alpha value is -2.29. The third-order valence-corrected chi connectivity index (χ3v) is 3.05. The van der Waals surface area contributed by atoms with E-state index in [2.05, 4.69) is 4.98 Å². The predicted molar refractivity (Wildman–Crippen MR) is 73.8 cm³/mol. The van der Waals surface area contributed by atoms with Crippen molar-refractivity contribution in [2.24, 2.45) is 0 Å². The van der Waals surface area contributed by atoms with Gasteiger partial charge < -0.3 is 9.72 Å². The van der Waals surface area contributed by atoms with E-state index in [1.165, 1.54) is 6.07 Å². The molecular formula is C16H14FNO. The van der Waals surface area contributed by atoms with Crippen LogP contribution in [-0.4, -0.2) is 4.98 Å². The summed E-state index contributed by atoms with van der Waals surface area (Å²) in [7, 11) is 0. The maximum Gasteiger partial charge on any atom is 0.132 e. The van der Waals surface area contributed by atoms with Gasteiger partial charge in [0.25, 0.3) is 0 Å². The number of ether oxygens (including phenoxy) is 1. The maximum atomic E-state index is 13.6. The van der Waals surface area contributed by atoms with Crippen LogP contribution in [0.2, 0.25) is 0 Å². The van der Waals surface area contributed by atoms with Crippen molar-refractivity contribution in [2.75, 3.05) is 0 Å². The SMILES string of the molecule is Cc1cccc(OCc2cc3c(F)cccc3[nH]2)c1. The largest absolute Gasteiger partial charge is 0.487 e. The molecule has 3 aromatic rings. The van der Waals surface area contributed by atoms with Crippen molar-refractivity contribution in [3.8, 4) is 5.75 Å². The molecule has 2 nitrogen and oxygen atoms in total. The van der Waals surface area contributed by atoms with E-state index in [0.717, 1.165) is 22.5 Å². The number of H-pyrrole nitrogens is 1. The minimum atomic E-state index is -0.212. The third-order valence-electron chi connectivity index (χ3n) is 3.05. The Morgan fingerprint density at radius 2 is 1.95 bits per heavy atom. The number of rotatable bonds is 3. The molecule has 1 heterocycles. The topological polar surface area (TPSA) is 25.0 Å². The number of aromatic amines is 1. The first-order valence-corrected chi connectivity index (χ1v) is 6.18. The van der Waals surface area contributed by atoms with Gasteiger partial charge in [0.1, 0.15) is 18.2 Å². The molecule has 0 bridgehead atoms. The van der Waals surface area contributed by atoms with E-state index in [9.17, 15) is 4.39 Å². The van der Waals surface area contributed by atoms with Gasteiger partial charge in [0.05, 0.1) is 5.69 Å². The number of aromatic nitrogens is 1. The molecule has 0 amide bonds. The number of benzene rings is 2. The second-order valence-corrected chi connectivity index (χ2v) is 4.60. The lowest BCUT2D eigenvalue weighted by molar-refractivity contribution is 0.302. The smallest absolute Gasteiger partial charge is 0.132 e. The van der Waals surface area contributed by atoms with E-state index in [-0.39, 0.29) is 5.82 Å². The summed E-state index contributed by atoms with van der Waals surface area (Å²) in [4.78, 5) is 3.16. The molecule has 96 valence electrons. The van der Waals surface area contributed by atoms with E-state index in [0.29, 0.717) is 12.0 Å². The van der Waals surface area contributed by atoms with Gasteiger partial charge in [-0.3, -0.25) is 0 Å². The molecule has 1 aromatic heterocycles. The molecule has 0 fully saturated rings. The Kier molecular flexibility index (Phi) is 2.95. The van der Waals surface area contributed by atoms with Gasteiger partial charge in [-0.2, -0.15) is 0 Å². The summed E-state index contributed by atoms with van der Waals surface area (Å²) in [6.45, 7) is 2.42. The van der Waals surface area contributed by atoms with Crippen LogP contribution in [0.1, 0.15) is 11.3 Å². The maximum absolute atomic E-state index is 13.6. The Morgan fingerprint density at radius 1 is 1.11 bits per heavy atom. The summed E-state index contributed by atoms with van der Waals surface area (Å²) in [6.07, 6.45) is 0. The van der Waals surface area contributed by atoms with Crippen LogP contribution in [0.5, 0.6) is 5.75 Å². The summed E-state index contributed by atoms with van der Waals surface area (Å²) in [5.74, 6) is 0.606. The van der Waals surface area contributed by atoms with Crippen molar-refractivity contribution in [1.82, 2.24) is 4.98 Å². The van der Waals surface area contributed by atoms with E-state index >= 15 is 0 Å². The van der Waals surface area contributed by atoms with Gasteiger partial charge in [-0.05, 0) is 42.8 Å². The average molecular weight is 255 g/mol. The molecule has 2 aromatic carbocycles. The standard InChI is InChI=1S/C16H14FNO/c1-11-4-2-5-13(8-11)19-10-12-9-14-15(17)6-3-7-16(14)18-12/h2-9,18H,10H2,1H3. The van der Waals surface area contributed by atoms with Gasteiger partial charge in [-0.25, -0.2) is 4.39 Å². The molecule has 0 aliphatic heterocycles. The molecule has 0 radical (unpaired) electrons. The number of hydrogen-bond donors (Lipinski definition) is 1. The summed E-state index contributed by atoms with van der Waals surface area (Å²) in [5, 5.41) is 0.602. The molecule has 0 aliphatic carbocycles. The monoisotopic (exact) mass is 255 g/mol. The molecule has 0 saturated carbocycles. The van der Waals surface area contributed by atoms with Crippen molar-refractivity contribution < 1.29 is 9.13 Å². The third kappa shape index (κ3) is 2.45. The fourth-order valence-corrected chi connectivity index (χ4v) is 2.12. The summed E-state index contributed by atoms with van der Waals surface area (Å²) < 4.78 is 19.2. The molecular weight excluding hydrogens is 241 g/mol. The normalized spacial score (nSPS) is 10.8. The number of aryl methyl sites for hydroxylation is 1. The molecule has 0 saturated heterocycles. The lowest BCUT2D eigenvalue weighted by atomic mass is 10.2. The van der Waals surface area contributed by atoms with E-state index in [4.69, 9.17) is 4.74 Å². The molecule has 1 N–H and O–H groups in total. The fourth-order valence-electron chi connectivity index (χ4n) is 2.12. The van der Waals surface area contributed by atoms with Crippen molar-refractivity contribution in [2.45, 2.75) is 13.5 Å². The average Bonchev–Trinajstić information content (AvgIpc) is 2.81. The lowest BCUT2D eigenvalue weighted by Crippen LogP contribution is -1.95. The Bertz CT molecular complexity index is 718. The first-order chi connectivity index (χ1) is 9.22. The Balaban J connectivity index is 1.80. The highest BCUT2D eigenvalue weighted by molar-refractivity contribution is 5.80. The van der Waals surface area contributed by atoms with Crippen molar-refractivity contribution in [3.05, 3.63) is 65.6 Å². The van der Waals surface area contributed by atoms with Gasteiger partial charge in [-0.15, -0.1) is 0 Å². The number of nitrogens with one attached hydrogen (secondary N) is 1. The summed E-state index contributed by atoms with van der Waals surface area (Å²) >= 11 is 0. The number of fused-ring (bicyclic) bond motifs is 1. The highest BCUT2D eigenvalue weighted by Crippen LogP contribution is 2.20. The van der Waals surface area contributed by atoms with Gasteiger partial charge in [0.2, 0.25) is 0 Å². The summed E-state index contributed by atoms with van der Waals surface area (Å²) in [5.41, 5.74) is 2.81. The van der Waals surface area contributed by atoms with E-state index in [1.807, 2.05) is 37.3 Å². The minimum Gasteiger partial charge on any atom is -0.487 e. The van der Waals surface area contributed by atoms with Crippen LogP contribution in [0.15, 0.2) is 48.5 Å². The second-order valence-electron chi connectivity index (χ2n) is 4.60. The zero-order valence-corrected chi connectivity index (χ0v) is 10.6. The van der Waals surface area contributed by atoms with Crippen LogP contribution in [0.4, 0.5) is 4.39 Å². The van der Waals surface area contributed by atoms with Gasteiger partial charge >= 0.3 is 0 Å². The van der Waals surface area contributed by atoms with Crippen LogP contribution < -0.4 is 4.74 Å². The van der Waals surface area contributed by atoms with Crippen LogP contribution in [0.3, 0.4) is 0 Å². The highest BCUT2D eigenvalue weighted by Gasteiger charge is 2.05. The molecule has 0 spiro atoms. The molecule has 19 heavy (non-hydrogen) atoms. The minimum absolute atomic E-state index is 0.212. The van der Waals surface area contributed by atoms with E-state index < -0.39 is 0 Å². The number of halogens is 1. The van der Waals surface area contributed by atoms with Gasteiger partial charge in [0.15, 0.2) is 0 Å². The van der Waals surface area contributed by atoms with E-state index in [1.54, 1.807) is 12.1 Å².